The van der Waals surface area contributed by atoms with Gasteiger partial charge in [0.15, 0.2) is 0 Å². The second kappa shape index (κ2) is 5.93. The number of benzene rings is 1. The Balaban J connectivity index is 2.46. The van der Waals surface area contributed by atoms with E-state index in [0.717, 1.165) is 12.1 Å². The fraction of sp³-hybridized carbons (Fsp3) is 0.357. The van der Waals surface area contributed by atoms with E-state index in [1.54, 1.807) is 6.07 Å². The molecular formula is C14H17F2N3. The first-order valence-corrected chi connectivity index (χ1v) is 6.26. The molecule has 1 heterocycles. The topological polar surface area (TPSA) is 29.9 Å². The number of hydrogen-bond donors (Lipinski definition) is 1. The summed E-state index contributed by atoms with van der Waals surface area (Å²) in [5.74, 6) is 0. The van der Waals surface area contributed by atoms with Gasteiger partial charge in [-0.15, -0.1) is 0 Å². The maximum absolute atomic E-state index is 13.3. The first kappa shape index (κ1) is 13.7. The minimum absolute atomic E-state index is 0.0322. The van der Waals surface area contributed by atoms with Gasteiger partial charge in [-0.05, 0) is 25.1 Å². The summed E-state index contributed by atoms with van der Waals surface area (Å²) in [6, 6.07) is 7.38. The van der Waals surface area contributed by atoms with Gasteiger partial charge in [-0.3, -0.25) is 0 Å². The van der Waals surface area contributed by atoms with Crippen LogP contribution in [0.5, 0.6) is 0 Å². The van der Waals surface area contributed by atoms with Crippen molar-refractivity contribution in [3.05, 3.63) is 47.3 Å². The average Bonchev–Trinajstić information content (AvgIpc) is 2.80. The zero-order chi connectivity index (χ0) is 13.8. The fourth-order valence-electron chi connectivity index (χ4n) is 2.01. The van der Waals surface area contributed by atoms with Crippen molar-refractivity contribution in [2.24, 2.45) is 0 Å². The molecule has 0 bridgehead atoms. The maximum atomic E-state index is 13.3. The number of aryl methyl sites for hydroxylation is 1. The second-order valence-electron chi connectivity index (χ2n) is 4.33. The van der Waals surface area contributed by atoms with E-state index in [0.29, 0.717) is 17.8 Å². The Hall–Kier alpha value is -1.75. The van der Waals surface area contributed by atoms with E-state index in [2.05, 4.69) is 10.4 Å². The third-order valence-corrected chi connectivity index (χ3v) is 3.00. The second-order valence-corrected chi connectivity index (χ2v) is 4.33. The van der Waals surface area contributed by atoms with Crippen LogP contribution >= 0.6 is 0 Å². The summed E-state index contributed by atoms with van der Waals surface area (Å²) >= 11 is 0. The van der Waals surface area contributed by atoms with Gasteiger partial charge in [0.1, 0.15) is 5.69 Å². The first-order valence-electron chi connectivity index (χ1n) is 6.26. The Morgan fingerprint density at radius 1 is 1.32 bits per heavy atom. The summed E-state index contributed by atoms with van der Waals surface area (Å²) in [4.78, 5) is 0. The van der Waals surface area contributed by atoms with E-state index in [-0.39, 0.29) is 5.69 Å². The molecule has 1 aromatic heterocycles. The van der Waals surface area contributed by atoms with Crippen molar-refractivity contribution in [2.75, 3.05) is 6.54 Å². The van der Waals surface area contributed by atoms with Crippen LogP contribution in [0.15, 0.2) is 30.5 Å². The lowest BCUT2D eigenvalue weighted by Gasteiger charge is -2.11. The van der Waals surface area contributed by atoms with Gasteiger partial charge in [-0.1, -0.05) is 25.1 Å². The Labute approximate surface area is 111 Å². The predicted octanol–water partition coefficient (Wildman–Crippen LogP) is 3.23. The van der Waals surface area contributed by atoms with Gasteiger partial charge < -0.3 is 5.32 Å². The minimum atomic E-state index is -2.55. The Bertz CT molecular complexity index is 549. The molecule has 0 aliphatic heterocycles. The molecule has 0 aliphatic rings. The molecule has 0 radical (unpaired) electrons. The Kier molecular flexibility index (Phi) is 4.27. The quantitative estimate of drug-likeness (QED) is 0.899. The van der Waals surface area contributed by atoms with Crippen LogP contribution in [0, 0.1) is 6.92 Å². The van der Waals surface area contributed by atoms with Gasteiger partial charge in [-0.2, -0.15) is 5.10 Å². The monoisotopic (exact) mass is 265 g/mol. The van der Waals surface area contributed by atoms with Crippen LogP contribution in [0.1, 0.15) is 30.2 Å². The number of rotatable bonds is 5. The van der Waals surface area contributed by atoms with Crippen LogP contribution in [0.2, 0.25) is 0 Å². The number of nitrogens with one attached hydrogen (secondary N) is 1. The van der Waals surface area contributed by atoms with Crippen molar-refractivity contribution in [1.82, 2.24) is 15.1 Å². The number of aromatic nitrogens is 2. The van der Waals surface area contributed by atoms with Gasteiger partial charge in [0, 0.05) is 12.1 Å². The molecule has 0 amide bonds. The zero-order valence-corrected chi connectivity index (χ0v) is 11.0. The molecule has 5 heteroatoms. The molecule has 0 atom stereocenters. The van der Waals surface area contributed by atoms with Crippen LogP contribution in [0.25, 0.3) is 5.69 Å². The van der Waals surface area contributed by atoms with Gasteiger partial charge >= 0.3 is 0 Å². The largest absolute Gasteiger partial charge is 0.313 e. The van der Waals surface area contributed by atoms with Gasteiger partial charge in [-0.25, -0.2) is 13.5 Å². The lowest BCUT2D eigenvalue weighted by Crippen LogP contribution is -2.14. The van der Waals surface area contributed by atoms with E-state index >= 15 is 0 Å². The lowest BCUT2D eigenvalue weighted by atomic mass is 10.2. The molecule has 2 rings (SSSR count). The normalized spacial score (nSPS) is 11.2. The molecule has 0 unspecified atom stereocenters. The van der Waals surface area contributed by atoms with Crippen LogP contribution in [-0.4, -0.2) is 16.3 Å². The van der Waals surface area contributed by atoms with Gasteiger partial charge in [0.2, 0.25) is 0 Å². The third-order valence-electron chi connectivity index (χ3n) is 3.00. The lowest BCUT2D eigenvalue weighted by molar-refractivity contribution is 0.141. The number of para-hydroxylation sites is 1. The molecule has 0 saturated heterocycles. The zero-order valence-electron chi connectivity index (χ0n) is 11.0. The van der Waals surface area contributed by atoms with Crippen molar-refractivity contribution < 1.29 is 8.78 Å². The molecule has 19 heavy (non-hydrogen) atoms. The summed E-state index contributed by atoms with van der Waals surface area (Å²) in [7, 11) is 0. The van der Waals surface area contributed by atoms with Gasteiger partial charge in [0.25, 0.3) is 6.43 Å². The molecule has 0 fully saturated rings. The molecule has 2 aromatic rings. The summed E-state index contributed by atoms with van der Waals surface area (Å²) in [5.41, 5.74) is 2.12. The summed E-state index contributed by atoms with van der Waals surface area (Å²) < 4.78 is 27.9. The highest BCUT2D eigenvalue weighted by atomic mass is 19.3. The van der Waals surface area contributed by atoms with E-state index in [1.165, 1.54) is 10.9 Å². The molecular weight excluding hydrogens is 248 g/mol. The van der Waals surface area contributed by atoms with Crippen LogP contribution < -0.4 is 5.32 Å². The van der Waals surface area contributed by atoms with Crippen molar-refractivity contribution in [1.29, 1.82) is 0 Å². The number of halogens is 2. The van der Waals surface area contributed by atoms with E-state index in [1.807, 2.05) is 32.0 Å². The maximum Gasteiger partial charge on any atom is 0.280 e. The average molecular weight is 265 g/mol. The predicted molar refractivity (Wildman–Crippen MR) is 70.6 cm³/mol. The van der Waals surface area contributed by atoms with Crippen LogP contribution in [0.4, 0.5) is 8.78 Å². The number of alkyl halides is 2. The molecule has 0 spiro atoms. The highest BCUT2D eigenvalue weighted by Gasteiger charge is 2.21. The van der Waals surface area contributed by atoms with E-state index in [9.17, 15) is 8.78 Å². The standard InChI is InChI=1S/C14H17F2N3/c1-3-17-8-11-9-18-19(13(11)14(15)16)12-7-5-4-6-10(12)2/h4-7,9,14,17H,3,8H2,1-2H3. The SMILES string of the molecule is CCNCc1cnn(-c2ccccc2C)c1C(F)F. The number of hydrogen-bond acceptors (Lipinski definition) is 2. The molecule has 102 valence electrons. The highest BCUT2D eigenvalue weighted by Crippen LogP contribution is 2.26. The highest BCUT2D eigenvalue weighted by molar-refractivity contribution is 5.42. The van der Waals surface area contributed by atoms with Crippen molar-refractivity contribution >= 4 is 0 Å². The fourth-order valence-corrected chi connectivity index (χ4v) is 2.01. The molecule has 3 nitrogen and oxygen atoms in total. The summed E-state index contributed by atoms with van der Waals surface area (Å²) in [6.45, 7) is 4.96. The van der Waals surface area contributed by atoms with Gasteiger partial charge in [0.05, 0.1) is 11.9 Å². The summed E-state index contributed by atoms with van der Waals surface area (Å²) in [6.07, 6.45) is -1.04. The Morgan fingerprint density at radius 2 is 2.05 bits per heavy atom. The van der Waals surface area contributed by atoms with Crippen molar-refractivity contribution in [3.8, 4) is 5.69 Å². The van der Waals surface area contributed by atoms with Crippen LogP contribution in [-0.2, 0) is 6.54 Å². The molecule has 0 aliphatic carbocycles. The van der Waals surface area contributed by atoms with E-state index in [4.69, 9.17) is 0 Å². The molecule has 1 aromatic carbocycles. The van der Waals surface area contributed by atoms with E-state index < -0.39 is 6.43 Å². The summed E-state index contributed by atoms with van der Waals surface area (Å²) in [5, 5.41) is 7.17. The minimum Gasteiger partial charge on any atom is -0.313 e. The van der Waals surface area contributed by atoms with Crippen molar-refractivity contribution in [3.63, 3.8) is 0 Å². The molecule has 1 N–H and O–H groups in total. The first-order chi connectivity index (χ1) is 9.15. The third kappa shape index (κ3) is 2.81. The smallest absolute Gasteiger partial charge is 0.280 e. The van der Waals surface area contributed by atoms with Crippen molar-refractivity contribution in [2.45, 2.75) is 26.8 Å². The van der Waals surface area contributed by atoms with Crippen LogP contribution in [0.3, 0.4) is 0 Å². The molecule has 0 saturated carbocycles. The number of nitrogens with zero attached hydrogens (tertiary/aromatic N) is 2. The Morgan fingerprint density at radius 3 is 2.68 bits per heavy atom.